The topological polar surface area (TPSA) is 129 Å². The van der Waals surface area contributed by atoms with Crippen molar-refractivity contribution in [2.75, 3.05) is 11.9 Å². The molecule has 0 aliphatic carbocycles. The Kier molecular flexibility index (Phi) is 3.72. The van der Waals surface area contributed by atoms with Crippen LogP contribution >= 0.6 is 11.5 Å². The number of carboxylic acid groups (broad SMARTS) is 1. The molecular weight excluding hydrogens is 300 g/mol. The SMILES string of the molecule is Cc1nsc(N(C)C(=O)c2ccc([N+](=O)[O-])[nH]2)c1C(=O)O. The van der Waals surface area contributed by atoms with Gasteiger partial charge in [-0.25, -0.2) is 9.78 Å². The van der Waals surface area contributed by atoms with Crippen molar-refractivity contribution in [1.29, 1.82) is 0 Å². The first-order chi connectivity index (χ1) is 9.82. The molecule has 0 saturated carbocycles. The van der Waals surface area contributed by atoms with Gasteiger partial charge in [0.25, 0.3) is 5.91 Å². The third-order valence-corrected chi connectivity index (χ3v) is 3.78. The highest BCUT2D eigenvalue weighted by Gasteiger charge is 2.27. The summed E-state index contributed by atoms with van der Waals surface area (Å²) in [5, 5.41) is 19.9. The molecule has 0 radical (unpaired) electrons. The zero-order valence-electron chi connectivity index (χ0n) is 11.0. The average molecular weight is 310 g/mol. The van der Waals surface area contributed by atoms with E-state index in [4.69, 9.17) is 5.11 Å². The largest absolute Gasteiger partial charge is 0.478 e. The average Bonchev–Trinajstić information content (AvgIpc) is 3.03. The standard InChI is InChI=1S/C11H10N4O5S/c1-5-8(11(17)18)10(21-13-5)14(2)9(16)6-3-4-7(12-6)15(19)20/h3-4,12H,1-2H3,(H,17,18). The number of H-pyrrole nitrogens is 1. The van der Waals surface area contributed by atoms with Crippen molar-refractivity contribution >= 4 is 34.2 Å². The van der Waals surface area contributed by atoms with Crippen LogP contribution in [0.15, 0.2) is 12.1 Å². The number of nitro groups is 1. The second-order valence-corrected chi connectivity index (χ2v) is 4.88. The summed E-state index contributed by atoms with van der Waals surface area (Å²) in [7, 11) is 1.38. The third kappa shape index (κ3) is 2.60. The minimum atomic E-state index is -1.19. The van der Waals surface area contributed by atoms with E-state index in [2.05, 4.69) is 9.36 Å². The molecule has 0 saturated heterocycles. The molecule has 2 heterocycles. The predicted octanol–water partition coefficient (Wildman–Crippen LogP) is 1.66. The van der Waals surface area contributed by atoms with Crippen LogP contribution in [0.25, 0.3) is 0 Å². The molecular formula is C11H10N4O5S. The number of carbonyl (C=O) groups is 2. The van der Waals surface area contributed by atoms with E-state index in [1.54, 1.807) is 0 Å². The van der Waals surface area contributed by atoms with Gasteiger partial charge in [-0.15, -0.1) is 0 Å². The number of aryl methyl sites for hydroxylation is 1. The predicted molar refractivity (Wildman–Crippen MR) is 74.0 cm³/mol. The molecule has 0 atom stereocenters. The summed E-state index contributed by atoms with van der Waals surface area (Å²) < 4.78 is 3.92. The van der Waals surface area contributed by atoms with E-state index >= 15 is 0 Å². The maximum Gasteiger partial charge on any atom is 0.340 e. The first-order valence-corrected chi connectivity index (χ1v) is 6.41. The van der Waals surface area contributed by atoms with Gasteiger partial charge in [0.1, 0.15) is 10.6 Å². The summed E-state index contributed by atoms with van der Waals surface area (Å²) in [6.45, 7) is 1.53. The molecule has 0 unspecified atom stereocenters. The quantitative estimate of drug-likeness (QED) is 0.652. The van der Waals surface area contributed by atoms with Gasteiger partial charge >= 0.3 is 11.8 Å². The highest BCUT2D eigenvalue weighted by Crippen LogP contribution is 2.29. The zero-order chi connectivity index (χ0) is 15.7. The molecule has 2 rings (SSSR count). The molecule has 110 valence electrons. The summed E-state index contributed by atoms with van der Waals surface area (Å²) in [4.78, 5) is 36.8. The fourth-order valence-electron chi connectivity index (χ4n) is 1.72. The van der Waals surface area contributed by atoms with Gasteiger partial charge < -0.3 is 15.2 Å². The van der Waals surface area contributed by atoms with Gasteiger partial charge in [-0.2, -0.15) is 4.37 Å². The molecule has 2 N–H and O–H groups in total. The van der Waals surface area contributed by atoms with E-state index in [1.165, 1.54) is 20.0 Å². The second kappa shape index (κ2) is 5.32. The Balaban J connectivity index is 2.35. The van der Waals surface area contributed by atoms with Gasteiger partial charge in [-0.3, -0.25) is 9.69 Å². The van der Waals surface area contributed by atoms with E-state index < -0.39 is 16.8 Å². The summed E-state index contributed by atoms with van der Waals surface area (Å²) in [6.07, 6.45) is 0. The fraction of sp³-hybridized carbons (Fsp3) is 0.182. The zero-order valence-corrected chi connectivity index (χ0v) is 11.8. The van der Waals surface area contributed by atoms with Crippen molar-refractivity contribution in [2.45, 2.75) is 6.92 Å². The third-order valence-electron chi connectivity index (χ3n) is 2.77. The van der Waals surface area contributed by atoms with E-state index in [0.717, 1.165) is 22.5 Å². The number of amides is 1. The molecule has 0 aromatic carbocycles. The Morgan fingerprint density at radius 1 is 1.48 bits per heavy atom. The van der Waals surface area contributed by atoms with Crippen LogP contribution in [-0.2, 0) is 0 Å². The molecule has 2 aromatic rings. The van der Waals surface area contributed by atoms with Gasteiger partial charge in [0.15, 0.2) is 5.69 Å². The Hall–Kier alpha value is -2.75. The lowest BCUT2D eigenvalue weighted by Crippen LogP contribution is -2.27. The monoisotopic (exact) mass is 310 g/mol. The van der Waals surface area contributed by atoms with Crippen LogP contribution in [0.3, 0.4) is 0 Å². The van der Waals surface area contributed by atoms with Crippen LogP contribution in [-0.4, -0.2) is 38.3 Å². The molecule has 0 fully saturated rings. The Morgan fingerprint density at radius 2 is 2.14 bits per heavy atom. The molecule has 1 amide bonds. The van der Waals surface area contributed by atoms with Crippen LogP contribution in [0.2, 0.25) is 0 Å². The highest BCUT2D eigenvalue weighted by molar-refractivity contribution is 7.11. The van der Waals surface area contributed by atoms with E-state index in [1.807, 2.05) is 0 Å². The molecule has 10 heteroatoms. The number of hydrogen-bond acceptors (Lipinski definition) is 6. The van der Waals surface area contributed by atoms with Crippen molar-refractivity contribution in [2.24, 2.45) is 0 Å². The Morgan fingerprint density at radius 3 is 2.67 bits per heavy atom. The number of rotatable bonds is 4. The number of hydrogen-bond donors (Lipinski definition) is 2. The Bertz CT molecular complexity index is 735. The number of nitrogens with one attached hydrogen (secondary N) is 1. The van der Waals surface area contributed by atoms with E-state index in [9.17, 15) is 19.7 Å². The molecule has 21 heavy (non-hydrogen) atoms. The summed E-state index contributed by atoms with van der Waals surface area (Å²) in [5.74, 6) is -2.09. The lowest BCUT2D eigenvalue weighted by molar-refractivity contribution is -0.389. The number of carbonyl (C=O) groups excluding carboxylic acids is 1. The van der Waals surface area contributed by atoms with Crippen molar-refractivity contribution in [1.82, 2.24) is 9.36 Å². The first-order valence-electron chi connectivity index (χ1n) is 5.64. The number of aromatic nitrogens is 2. The smallest absolute Gasteiger partial charge is 0.340 e. The van der Waals surface area contributed by atoms with Gasteiger partial charge in [0, 0.05) is 13.1 Å². The lowest BCUT2D eigenvalue weighted by Gasteiger charge is -2.13. The number of carboxylic acids is 1. The lowest BCUT2D eigenvalue weighted by atomic mass is 10.2. The summed E-state index contributed by atoms with van der Waals surface area (Å²) in [6, 6.07) is 2.43. The first kappa shape index (κ1) is 14.7. The van der Waals surface area contributed by atoms with Crippen molar-refractivity contribution in [3.8, 4) is 0 Å². The fourth-order valence-corrected chi connectivity index (χ4v) is 2.57. The van der Waals surface area contributed by atoms with E-state index in [0.29, 0.717) is 5.69 Å². The molecule has 0 aliphatic rings. The minimum absolute atomic E-state index is 0.00779. The maximum absolute atomic E-state index is 12.2. The number of nitrogens with zero attached hydrogens (tertiary/aromatic N) is 3. The minimum Gasteiger partial charge on any atom is -0.478 e. The summed E-state index contributed by atoms with van der Waals surface area (Å²) in [5.41, 5.74) is 0.239. The summed E-state index contributed by atoms with van der Waals surface area (Å²) >= 11 is 0.875. The van der Waals surface area contributed by atoms with Crippen LogP contribution in [0.1, 0.15) is 26.5 Å². The van der Waals surface area contributed by atoms with E-state index in [-0.39, 0.29) is 22.1 Å². The van der Waals surface area contributed by atoms with Gasteiger partial charge in [0.05, 0.1) is 5.69 Å². The van der Waals surface area contributed by atoms with Gasteiger partial charge in [0.2, 0.25) is 0 Å². The van der Waals surface area contributed by atoms with Gasteiger partial charge in [-0.05, 0) is 29.4 Å². The van der Waals surface area contributed by atoms with Crippen LogP contribution in [0.4, 0.5) is 10.8 Å². The van der Waals surface area contributed by atoms with Crippen LogP contribution < -0.4 is 4.90 Å². The molecule has 9 nitrogen and oxygen atoms in total. The van der Waals surface area contributed by atoms with Crippen molar-refractivity contribution in [3.05, 3.63) is 39.2 Å². The number of aromatic carboxylic acids is 1. The van der Waals surface area contributed by atoms with Crippen LogP contribution in [0, 0.1) is 17.0 Å². The molecule has 0 bridgehead atoms. The Labute approximate surface area is 122 Å². The molecule has 2 aromatic heterocycles. The van der Waals surface area contributed by atoms with Crippen LogP contribution in [0.5, 0.6) is 0 Å². The number of anilines is 1. The number of aromatic amines is 1. The molecule has 0 aliphatic heterocycles. The highest BCUT2D eigenvalue weighted by atomic mass is 32.1. The maximum atomic E-state index is 12.2. The molecule has 0 spiro atoms. The normalized spacial score (nSPS) is 10.4. The second-order valence-electron chi connectivity index (χ2n) is 4.13. The van der Waals surface area contributed by atoms with Crippen molar-refractivity contribution in [3.63, 3.8) is 0 Å². The van der Waals surface area contributed by atoms with Crippen molar-refractivity contribution < 1.29 is 19.6 Å². The van der Waals surface area contributed by atoms with Gasteiger partial charge in [-0.1, -0.05) is 0 Å².